The van der Waals surface area contributed by atoms with Crippen molar-refractivity contribution in [3.63, 3.8) is 0 Å². The van der Waals surface area contributed by atoms with E-state index in [1.807, 2.05) is 0 Å². The van der Waals surface area contributed by atoms with Crippen LogP contribution in [0.5, 0.6) is 0 Å². The minimum Gasteiger partial charge on any atom is -0.335 e. The zero-order valence-corrected chi connectivity index (χ0v) is 15.5. The highest BCUT2D eigenvalue weighted by molar-refractivity contribution is 6.35. The van der Waals surface area contributed by atoms with E-state index in [0.717, 1.165) is 0 Å². The highest BCUT2D eigenvalue weighted by atomic mass is 35.5. The SMILES string of the molecule is O=C(c1cccc(Cl)c1)N1CCN(C(=O)c2cc(Cl)ccc2Cl)CC1. The molecule has 0 spiro atoms. The van der Waals surface area contributed by atoms with Crippen molar-refractivity contribution in [1.82, 2.24) is 9.80 Å². The average molecular weight is 398 g/mol. The first-order valence-corrected chi connectivity index (χ1v) is 8.88. The van der Waals surface area contributed by atoms with Crippen molar-refractivity contribution in [2.45, 2.75) is 0 Å². The lowest BCUT2D eigenvalue weighted by atomic mass is 10.1. The van der Waals surface area contributed by atoms with Crippen LogP contribution < -0.4 is 0 Å². The molecule has 130 valence electrons. The molecule has 0 N–H and O–H groups in total. The molecule has 1 aliphatic heterocycles. The number of hydrogen-bond donors (Lipinski definition) is 0. The molecule has 0 aliphatic carbocycles. The van der Waals surface area contributed by atoms with Crippen LogP contribution in [0.15, 0.2) is 42.5 Å². The molecule has 1 aliphatic rings. The van der Waals surface area contributed by atoms with E-state index in [4.69, 9.17) is 34.8 Å². The van der Waals surface area contributed by atoms with Crippen LogP contribution in [0.2, 0.25) is 15.1 Å². The van der Waals surface area contributed by atoms with Gasteiger partial charge in [0, 0.05) is 41.8 Å². The minimum absolute atomic E-state index is 0.0876. The average Bonchev–Trinajstić information content (AvgIpc) is 2.62. The third kappa shape index (κ3) is 4.09. The molecule has 4 nitrogen and oxygen atoms in total. The number of piperazine rings is 1. The van der Waals surface area contributed by atoms with Crippen LogP contribution in [-0.4, -0.2) is 47.8 Å². The van der Waals surface area contributed by atoms with Gasteiger partial charge in [0.25, 0.3) is 11.8 Å². The summed E-state index contributed by atoms with van der Waals surface area (Å²) in [5, 5.41) is 1.35. The second kappa shape index (κ2) is 7.65. The number of benzene rings is 2. The summed E-state index contributed by atoms with van der Waals surface area (Å²) in [4.78, 5) is 28.5. The van der Waals surface area contributed by atoms with E-state index in [2.05, 4.69) is 0 Å². The summed E-state index contributed by atoms with van der Waals surface area (Å²) in [6.07, 6.45) is 0. The van der Waals surface area contributed by atoms with Crippen molar-refractivity contribution >= 4 is 46.6 Å². The zero-order chi connectivity index (χ0) is 18.0. The van der Waals surface area contributed by atoms with E-state index < -0.39 is 0 Å². The van der Waals surface area contributed by atoms with Crippen LogP contribution >= 0.6 is 34.8 Å². The Balaban J connectivity index is 1.66. The third-order valence-electron chi connectivity index (χ3n) is 4.08. The third-order valence-corrected chi connectivity index (χ3v) is 4.88. The van der Waals surface area contributed by atoms with Gasteiger partial charge >= 0.3 is 0 Å². The van der Waals surface area contributed by atoms with E-state index in [1.54, 1.807) is 52.3 Å². The highest BCUT2D eigenvalue weighted by Gasteiger charge is 2.26. The molecule has 0 unspecified atom stereocenters. The summed E-state index contributed by atoms with van der Waals surface area (Å²) in [7, 11) is 0. The van der Waals surface area contributed by atoms with Gasteiger partial charge in [-0.2, -0.15) is 0 Å². The molecule has 25 heavy (non-hydrogen) atoms. The Kier molecular flexibility index (Phi) is 5.52. The monoisotopic (exact) mass is 396 g/mol. The van der Waals surface area contributed by atoms with Crippen LogP contribution in [0.3, 0.4) is 0 Å². The molecular formula is C18H15Cl3N2O2. The topological polar surface area (TPSA) is 40.6 Å². The number of carbonyl (C=O) groups is 2. The Bertz CT molecular complexity index is 818. The van der Waals surface area contributed by atoms with Gasteiger partial charge in [-0.15, -0.1) is 0 Å². The van der Waals surface area contributed by atoms with Gasteiger partial charge in [-0.3, -0.25) is 9.59 Å². The lowest BCUT2D eigenvalue weighted by Gasteiger charge is -2.35. The van der Waals surface area contributed by atoms with E-state index in [0.29, 0.717) is 52.4 Å². The lowest BCUT2D eigenvalue weighted by Crippen LogP contribution is -2.50. The number of halogens is 3. The van der Waals surface area contributed by atoms with Gasteiger partial charge in [-0.1, -0.05) is 40.9 Å². The van der Waals surface area contributed by atoms with Crippen molar-refractivity contribution in [2.24, 2.45) is 0 Å². The Morgan fingerprint density at radius 2 is 1.36 bits per heavy atom. The number of amides is 2. The van der Waals surface area contributed by atoms with Gasteiger partial charge in [-0.05, 0) is 36.4 Å². The highest BCUT2D eigenvalue weighted by Crippen LogP contribution is 2.23. The molecule has 0 atom stereocenters. The van der Waals surface area contributed by atoms with Gasteiger partial charge in [0.15, 0.2) is 0 Å². The number of rotatable bonds is 2. The van der Waals surface area contributed by atoms with Gasteiger partial charge in [0.05, 0.1) is 10.6 Å². The second-order valence-electron chi connectivity index (χ2n) is 5.72. The van der Waals surface area contributed by atoms with Gasteiger partial charge in [-0.25, -0.2) is 0 Å². The predicted molar refractivity (Wildman–Crippen MR) is 99.7 cm³/mol. The molecule has 2 aromatic carbocycles. The molecule has 0 radical (unpaired) electrons. The number of hydrogen-bond acceptors (Lipinski definition) is 2. The molecule has 0 saturated carbocycles. The molecule has 1 fully saturated rings. The molecule has 3 rings (SSSR count). The second-order valence-corrected chi connectivity index (χ2v) is 7.00. The first-order chi connectivity index (χ1) is 12.0. The van der Waals surface area contributed by atoms with E-state index in [-0.39, 0.29) is 11.8 Å². The summed E-state index contributed by atoms with van der Waals surface area (Å²) >= 11 is 18.0. The van der Waals surface area contributed by atoms with E-state index in [1.165, 1.54) is 0 Å². The molecule has 1 saturated heterocycles. The Hall–Kier alpha value is -1.75. The molecule has 0 aromatic heterocycles. The van der Waals surface area contributed by atoms with Crippen LogP contribution in [0.25, 0.3) is 0 Å². The molecule has 0 bridgehead atoms. The van der Waals surface area contributed by atoms with Gasteiger partial charge in [0.2, 0.25) is 0 Å². The Labute approximate surface area is 160 Å². The fraction of sp³-hybridized carbons (Fsp3) is 0.222. The van der Waals surface area contributed by atoms with Crippen molar-refractivity contribution in [1.29, 1.82) is 0 Å². The normalized spacial score (nSPS) is 14.5. The van der Waals surface area contributed by atoms with Crippen LogP contribution in [0.4, 0.5) is 0 Å². The van der Waals surface area contributed by atoms with Crippen molar-refractivity contribution in [3.05, 3.63) is 68.7 Å². The fourth-order valence-corrected chi connectivity index (χ4v) is 3.31. The smallest absolute Gasteiger partial charge is 0.255 e. The summed E-state index contributed by atoms with van der Waals surface area (Å²) in [6.45, 7) is 1.78. The van der Waals surface area contributed by atoms with Crippen LogP contribution in [0, 0.1) is 0 Å². The van der Waals surface area contributed by atoms with Crippen LogP contribution in [-0.2, 0) is 0 Å². The summed E-state index contributed by atoms with van der Waals surface area (Å²) < 4.78 is 0. The lowest BCUT2D eigenvalue weighted by molar-refractivity contribution is 0.0535. The van der Waals surface area contributed by atoms with Crippen molar-refractivity contribution in [3.8, 4) is 0 Å². The van der Waals surface area contributed by atoms with Gasteiger partial charge < -0.3 is 9.80 Å². The maximum Gasteiger partial charge on any atom is 0.255 e. The van der Waals surface area contributed by atoms with Gasteiger partial charge in [0.1, 0.15) is 0 Å². The maximum atomic E-state index is 12.6. The largest absolute Gasteiger partial charge is 0.335 e. The number of nitrogens with zero attached hydrogens (tertiary/aromatic N) is 2. The first kappa shape index (κ1) is 18.1. The number of carbonyl (C=O) groups excluding carboxylic acids is 2. The van der Waals surface area contributed by atoms with E-state index in [9.17, 15) is 9.59 Å². The molecular weight excluding hydrogens is 383 g/mol. The Morgan fingerprint density at radius 3 is 2.00 bits per heavy atom. The zero-order valence-electron chi connectivity index (χ0n) is 13.2. The summed E-state index contributed by atoms with van der Waals surface area (Å²) in [5.74, 6) is -0.266. The molecule has 1 heterocycles. The fourth-order valence-electron chi connectivity index (χ4n) is 2.75. The minimum atomic E-state index is -0.178. The molecule has 2 aromatic rings. The van der Waals surface area contributed by atoms with Crippen molar-refractivity contribution < 1.29 is 9.59 Å². The summed E-state index contributed by atoms with van der Waals surface area (Å²) in [5.41, 5.74) is 0.925. The first-order valence-electron chi connectivity index (χ1n) is 7.75. The molecule has 2 amide bonds. The van der Waals surface area contributed by atoms with Crippen molar-refractivity contribution in [2.75, 3.05) is 26.2 Å². The van der Waals surface area contributed by atoms with E-state index >= 15 is 0 Å². The maximum absolute atomic E-state index is 12.6. The standard InChI is InChI=1S/C18H15Cl3N2O2/c19-13-3-1-2-12(10-13)17(24)22-6-8-23(9-7-22)18(25)15-11-14(20)4-5-16(15)21/h1-5,10-11H,6-9H2. The Morgan fingerprint density at radius 1 is 0.760 bits per heavy atom. The molecule has 7 heteroatoms. The summed E-state index contributed by atoms with van der Waals surface area (Å²) in [6, 6.07) is 11.7. The van der Waals surface area contributed by atoms with Crippen LogP contribution in [0.1, 0.15) is 20.7 Å². The predicted octanol–water partition coefficient (Wildman–Crippen LogP) is 4.25. The quantitative estimate of drug-likeness (QED) is 0.760.